The summed E-state index contributed by atoms with van der Waals surface area (Å²) in [6.07, 6.45) is 4.89. The number of benzene rings is 1. The van der Waals surface area contributed by atoms with Crippen LogP contribution in [0, 0.1) is 12.8 Å². The van der Waals surface area contributed by atoms with Crippen LogP contribution in [0.25, 0.3) is 0 Å². The maximum atomic E-state index is 12.6. The molecule has 0 bridgehead atoms. The summed E-state index contributed by atoms with van der Waals surface area (Å²) in [7, 11) is 0. The molecule has 1 saturated heterocycles. The van der Waals surface area contributed by atoms with Gasteiger partial charge in [-0.05, 0) is 50.5 Å². The molecule has 5 nitrogen and oxygen atoms in total. The van der Waals surface area contributed by atoms with E-state index in [-0.39, 0.29) is 23.8 Å². The summed E-state index contributed by atoms with van der Waals surface area (Å²) in [5.41, 5.74) is 2.84. The van der Waals surface area contributed by atoms with Crippen molar-refractivity contribution in [2.24, 2.45) is 5.92 Å². The van der Waals surface area contributed by atoms with Gasteiger partial charge in [-0.25, -0.2) is 0 Å². The average molecular weight is 351 g/mol. The lowest BCUT2D eigenvalue weighted by Crippen LogP contribution is -2.43. The average Bonchev–Trinajstić information content (AvgIpc) is 2.69. The van der Waals surface area contributed by atoms with Crippen molar-refractivity contribution in [3.8, 4) is 0 Å². The number of aryl methyl sites for hydroxylation is 1. The quantitative estimate of drug-likeness (QED) is 0.920. The molecule has 0 radical (unpaired) electrons. The van der Waals surface area contributed by atoms with Gasteiger partial charge in [-0.3, -0.25) is 14.6 Å². The van der Waals surface area contributed by atoms with Gasteiger partial charge in [-0.2, -0.15) is 0 Å². The number of aromatic nitrogens is 1. The Morgan fingerprint density at radius 1 is 1.15 bits per heavy atom. The van der Waals surface area contributed by atoms with E-state index in [0.29, 0.717) is 31.5 Å². The normalized spacial score (nSPS) is 16.2. The molecule has 0 saturated carbocycles. The predicted molar refractivity (Wildman–Crippen MR) is 101 cm³/mol. The number of nitrogens with zero attached hydrogens (tertiary/aromatic N) is 2. The van der Waals surface area contributed by atoms with Gasteiger partial charge in [0.15, 0.2) is 0 Å². The number of hydrogen-bond acceptors (Lipinski definition) is 3. The van der Waals surface area contributed by atoms with Crippen molar-refractivity contribution < 1.29 is 9.59 Å². The highest BCUT2D eigenvalue weighted by Gasteiger charge is 2.28. The summed E-state index contributed by atoms with van der Waals surface area (Å²) in [5.74, 6) is 0.0626. The van der Waals surface area contributed by atoms with Crippen LogP contribution < -0.4 is 5.32 Å². The van der Waals surface area contributed by atoms with Crippen molar-refractivity contribution in [3.63, 3.8) is 0 Å². The molecule has 1 atom stereocenters. The number of carbonyl (C=O) groups is 2. The molecular formula is C21H25N3O2. The van der Waals surface area contributed by atoms with Crippen molar-refractivity contribution in [2.75, 3.05) is 13.1 Å². The fourth-order valence-corrected chi connectivity index (χ4v) is 3.27. The van der Waals surface area contributed by atoms with E-state index in [1.165, 1.54) is 0 Å². The molecule has 1 aliphatic rings. The van der Waals surface area contributed by atoms with Crippen molar-refractivity contribution >= 4 is 11.8 Å². The topological polar surface area (TPSA) is 62.3 Å². The Balaban J connectivity index is 1.52. The maximum absolute atomic E-state index is 12.6. The maximum Gasteiger partial charge on any atom is 0.253 e. The molecule has 1 unspecified atom stereocenters. The molecule has 2 amide bonds. The highest BCUT2D eigenvalue weighted by atomic mass is 16.2. The van der Waals surface area contributed by atoms with Gasteiger partial charge in [0.05, 0.1) is 6.04 Å². The minimum Gasteiger partial charge on any atom is -0.349 e. The molecule has 1 aromatic heterocycles. The summed E-state index contributed by atoms with van der Waals surface area (Å²) >= 11 is 0. The zero-order chi connectivity index (χ0) is 18.5. The van der Waals surface area contributed by atoms with Gasteiger partial charge in [0.25, 0.3) is 5.91 Å². The second-order valence-electron chi connectivity index (χ2n) is 6.95. The number of likely N-dealkylation sites (tertiary alicyclic amines) is 1. The molecular weight excluding hydrogens is 326 g/mol. The van der Waals surface area contributed by atoms with Gasteiger partial charge < -0.3 is 10.2 Å². The fraction of sp³-hybridized carbons (Fsp3) is 0.381. The first kappa shape index (κ1) is 18.1. The van der Waals surface area contributed by atoms with Crippen LogP contribution in [0.4, 0.5) is 0 Å². The number of piperidine rings is 1. The lowest BCUT2D eigenvalue weighted by atomic mass is 9.94. The van der Waals surface area contributed by atoms with Crippen molar-refractivity contribution in [2.45, 2.75) is 32.7 Å². The molecule has 3 rings (SSSR count). The largest absolute Gasteiger partial charge is 0.349 e. The molecule has 0 aliphatic carbocycles. The van der Waals surface area contributed by atoms with Crippen LogP contribution in [0.1, 0.15) is 47.3 Å². The number of pyridine rings is 1. The van der Waals surface area contributed by atoms with E-state index in [1.807, 2.05) is 55.1 Å². The van der Waals surface area contributed by atoms with Crippen LogP contribution in [0.3, 0.4) is 0 Å². The number of rotatable bonds is 4. The second kappa shape index (κ2) is 8.13. The molecule has 2 aromatic rings. The Morgan fingerprint density at radius 2 is 1.85 bits per heavy atom. The molecule has 1 aliphatic heterocycles. The lowest BCUT2D eigenvalue weighted by molar-refractivity contribution is -0.127. The minimum atomic E-state index is -0.0663. The van der Waals surface area contributed by atoms with Gasteiger partial charge >= 0.3 is 0 Å². The Morgan fingerprint density at radius 3 is 2.46 bits per heavy atom. The third-order valence-electron chi connectivity index (χ3n) is 4.99. The fourth-order valence-electron chi connectivity index (χ4n) is 3.27. The molecule has 26 heavy (non-hydrogen) atoms. The minimum absolute atomic E-state index is 0.0452. The van der Waals surface area contributed by atoms with Gasteiger partial charge in [0.2, 0.25) is 5.91 Å². The van der Waals surface area contributed by atoms with Gasteiger partial charge in [-0.15, -0.1) is 0 Å². The zero-order valence-corrected chi connectivity index (χ0v) is 15.3. The highest BCUT2D eigenvalue weighted by Crippen LogP contribution is 2.21. The van der Waals surface area contributed by atoms with E-state index in [1.54, 1.807) is 12.4 Å². The van der Waals surface area contributed by atoms with Crippen LogP contribution in [-0.4, -0.2) is 34.8 Å². The van der Waals surface area contributed by atoms with E-state index >= 15 is 0 Å². The molecule has 1 N–H and O–H groups in total. The molecule has 2 heterocycles. The van der Waals surface area contributed by atoms with E-state index < -0.39 is 0 Å². The molecule has 5 heteroatoms. The lowest BCUT2D eigenvalue weighted by Gasteiger charge is -2.32. The van der Waals surface area contributed by atoms with E-state index in [4.69, 9.17) is 0 Å². The number of hydrogen-bond donors (Lipinski definition) is 1. The first-order valence-corrected chi connectivity index (χ1v) is 9.11. The Bertz CT molecular complexity index is 751. The third kappa shape index (κ3) is 4.28. The van der Waals surface area contributed by atoms with Crippen molar-refractivity contribution in [1.82, 2.24) is 15.2 Å². The standard InChI is InChI=1S/C21H25N3O2/c1-15-5-7-18(8-6-15)21(26)24-12-9-17(10-13-24)20(25)23-16(2)19-4-3-11-22-14-19/h3-8,11,14,16-17H,9-10,12-13H2,1-2H3,(H,23,25). The molecule has 136 valence electrons. The first-order chi connectivity index (χ1) is 12.5. The number of amides is 2. The molecule has 1 aromatic carbocycles. The smallest absolute Gasteiger partial charge is 0.253 e. The Hall–Kier alpha value is -2.69. The summed E-state index contributed by atoms with van der Waals surface area (Å²) < 4.78 is 0. The number of carbonyl (C=O) groups excluding carboxylic acids is 2. The summed E-state index contributed by atoms with van der Waals surface area (Å²) in [6.45, 7) is 5.20. The summed E-state index contributed by atoms with van der Waals surface area (Å²) in [4.78, 5) is 31.0. The second-order valence-corrected chi connectivity index (χ2v) is 6.95. The summed E-state index contributed by atoms with van der Waals surface area (Å²) in [5, 5.41) is 3.07. The Labute approximate surface area is 154 Å². The van der Waals surface area contributed by atoms with E-state index in [0.717, 1.165) is 11.1 Å². The van der Waals surface area contributed by atoms with E-state index in [2.05, 4.69) is 10.3 Å². The van der Waals surface area contributed by atoms with Crippen LogP contribution in [0.2, 0.25) is 0 Å². The number of nitrogens with one attached hydrogen (secondary N) is 1. The summed E-state index contributed by atoms with van der Waals surface area (Å²) in [6, 6.07) is 11.4. The van der Waals surface area contributed by atoms with Gasteiger partial charge in [0, 0.05) is 37.0 Å². The van der Waals surface area contributed by atoms with Crippen LogP contribution in [-0.2, 0) is 4.79 Å². The first-order valence-electron chi connectivity index (χ1n) is 9.11. The van der Waals surface area contributed by atoms with Crippen molar-refractivity contribution in [1.29, 1.82) is 0 Å². The monoisotopic (exact) mass is 351 g/mol. The SMILES string of the molecule is Cc1ccc(C(=O)N2CCC(C(=O)NC(C)c3cccnc3)CC2)cc1. The van der Waals surface area contributed by atoms with Crippen molar-refractivity contribution in [3.05, 3.63) is 65.5 Å². The van der Waals surface area contributed by atoms with Gasteiger partial charge in [-0.1, -0.05) is 23.8 Å². The highest BCUT2D eigenvalue weighted by molar-refractivity contribution is 5.94. The van der Waals surface area contributed by atoms with Gasteiger partial charge in [0.1, 0.15) is 0 Å². The van der Waals surface area contributed by atoms with Crippen LogP contribution in [0.15, 0.2) is 48.8 Å². The zero-order valence-electron chi connectivity index (χ0n) is 15.3. The van der Waals surface area contributed by atoms with Crippen LogP contribution in [0.5, 0.6) is 0 Å². The third-order valence-corrected chi connectivity index (χ3v) is 4.99. The molecule has 0 spiro atoms. The predicted octanol–water partition coefficient (Wildman–Crippen LogP) is 3.12. The Kier molecular flexibility index (Phi) is 5.66. The van der Waals surface area contributed by atoms with Crippen LogP contribution >= 0.6 is 0 Å². The van der Waals surface area contributed by atoms with E-state index in [9.17, 15) is 9.59 Å². The molecule has 1 fully saturated rings.